The van der Waals surface area contributed by atoms with Crippen molar-refractivity contribution in [2.75, 3.05) is 18.9 Å². The molecule has 1 aliphatic heterocycles. The maximum absolute atomic E-state index is 12.5. The summed E-state index contributed by atoms with van der Waals surface area (Å²) in [5.74, 6) is 0.522. The number of fused-ring (bicyclic) bond motifs is 1. The fraction of sp³-hybridized carbons (Fsp3) is 0.720. The number of nitrogens with zero attached hydrogens (tertiary/aromatic N) is 4. The smallest absolute Gasteiger partial charge is 0.344 e. The van der Waals surface area contributed by atoms with Crippen LogP contribution in [0.15, 0.2) is 6.33 Å². The van der Waals surface area contributed by atoms with Crippen molar-refractivity contribution >= 4 is 37.3 Å². The number of nitrogens with two attached hydrogens (primary N) is 1. The molecule has 0 aromatic carbocycles. The van der Waals surface area contributed by atoms with E-state index >= 15 is 0 Å². The van der Waals surface area contributed by atoms with Crippen LogP contribution in [0.1, 0.15) is 78.4 Å². The summed E-state index contributed by atoms with van der Waals surface area (Å²) in [5.41, 5.74) is 7.10. The SMILES string of the molecule is C=[P+](N[C@@H](C)C(=O)OC1CCCCC1)OCC1C[C@H](CCC)C(n2cnc3c(OCC)nc(N)nc32)O1. The van der Waals surface area contributed by atoms with Crippen LogP contribution < -0.4 is 15.6 Å². The number of carbonyl (C=O) groups is 1. The molecular formula is C25H40N6O5P+. The first kappa shape index (κ1) is 27.7. The van der Waals surface area contributed by atoms with Crippen molar-refractivity contribution in [2.45, 2.75) is 96.6 Å². The average Bonchev–Trinajstić information content (AvgIpc) is 3.47. The van der Waals surface area contributed by atoms with Crippen LogP contribution in [0, 0.1) is 5.92 Å². The van der Waals surface area contributed by atoms with Gasteiger partial charge in [0.25, 0.3) is 0 Å². The van der Waals surface area contributed by atoms with E-state index in [0.717, 1.165) is 44.9 Å². The minimum Gasteiger partial charge on any atom is -0.476 e. The van der Waals surface area contributed by atoms with Crippen molar-refractivity contribution in [3.8, 4) is 5.88 Å². The number of nitrogens with one attached hydrogen (secondary N) is 1. The molecule has 2 aromatic heterocycles. The molecule has 11 nitrogen and oxygen atoms in total. The van der Waals surface area contributed by atoms with Gasteiger partial charge in [-0.3, -0.25) is 9.36 Å². The molecule has 12 heteroatoms. The van der Waals surface area contributed by atoms with E-state index in [1.807, 2.05) is 11.5 Å². The summed E-state index contributed by atoms with van der Waals surface area (Å²) >= 11 is 0. The van der Waals surface area contributed by atoms with Crippen molar-refractivity contribution in [2.24, 2.45) is 5.92 Å². The number of esters is 1. The minimum absolute atomic E-state index is 0.0336. The van der Waals surface area contributed by atoms with Gasteiger partial charge in [0.15, 0.2) is 11.2 Å². The quantitative estimate of drug-likeness (QED) is 0.302. The van der Waals surface area contributed by atoms with Crippen molar-refractivity contribution < 1.29 is 23.5 Å². The fourth-order valence-electron chi connectivity index (χ4n) is 5.11. The molecule has 204 valence electrons. The molecule has 3 heterocycles. The summed E-state index contributed by atoms with van der Waals surface area (Å²) in [6, 6.07) is -0.474. The van der Waals surface area contributed by atoms with Gasteiger partial charge in [0, 0.05) is 5.92 Å². The fourth-order valence-corrected chi connectivity index (χ4v) is 6.07. The standard InChI is InChI=1S/C25H40N6O5P/c1-5-10-17-13-19(14-34-37(4)30-16(3)24(32)36-18-11-8-7-9-12-18)35-23(17)31-15-27-20-21(31)28-25(26)29-22(20)33-6-2/h15-19,23,30H,4-14H2,1-3H3,(H2,26,28,29)/q+1/t16-,17-,19?,23?/m0/s1. The zero-order valence-electron chi connectivity index (χ0n) is 22.1. The van der Waals surface area contributed by atoms with E-state index in [4.69, 9.17) is 24.5 Å². The van der Waals surface area contributed by atoms with Gasteiger partial charge in [-0.2, -0.15) is 14.5 Å². The van der Waals surface area contributed by atoms with Crippen LogP contribution in [-0.2, 0) is 18.8 Å². The number of carbonyl (C=O) groups excluding carboxylic acids is 1. The van der Waals surface area contributed by atoms with Crippen LogP contribution in [0.2, 0.25) is 0 Å². The average molecular weight is 536 g/mol. The third-order valence-electron chi connectivity index (χ3n) is 6.86. The predicted octanol–water partition coefficient (Wildman–Crippen LogP) is 4.13. The lowest BCUT2D eigenvalue weighted by atomic mass is 9.98. The van der Waals surface area contributed by atoms with Crippen molar-refractivity contribution in [3.05, 3.63) is 6.33 Å². The lowest BCUT2D eigenvalue weighted by Crippen LogP contribution is -2.34. The summed E-state index contributed by atoms with van der Waals surface area (Å²) in [5, 5.41) is 3.16. The van der Waals surface area contributed by atoms with Gasteiger partial charge >= 0.3 is 13.9 Å². The van der Waals surface area contributed by atoms with Crippen LogP contribution in [0.4, 0.5) is 5.95 Å². The van der Waals surface area contributed by atoms with E-state index in [2.05, 4.69) is 33.3 Å². The highest BCUT2D eigenvalue weighted by Gasteiger charge is 2.38. The van der Waals surface area contributed by atoms with E-state index in [-0.39, 0.29) is 36.3 Å². The summed E-state index contributed by atoms with van der Waals surface area (Å²) < 4.78 is 25.6. The van der Waals surface area contributed by atoms with Gasteiger partial charge in [-0.15, -0.1) is 5.09 Å². The molecule has 2 fully saturated rings. The molecule has 0 bridgehead atoms. The Balaban J connectivity index is 1.35. The normalized spacial score (nSPS) is 23.8. The Morgan fingerprint density at radius 2 is 2.11 bits per heavy atom. The second kappa shape index (κ2) is 13.0. The molecule has 2 aliphatic rings. The molecule has 4 rings (SSSR count). The number of ether oxygens (including phenoxy) is 3. The van der Waals surface area contributed by atoms with Crippen LogP contribution in [0.25, 0.3) is 11.2 Å². The molecule has 0 spiro atoms. The third kappa shape index (κ3) is 6.96. The van der Waals surface area contributed by atoms with Gasteiger partial charge in [-0.1, -0.05) is 19.8 Å². The third-order valence-corrected chi connectivity index (χ3v) is 8.00. The number of hydrogen-bond donors (Lipinski definition) is 2. The highest BCUT2D eigenvalue weighted by Crippen LogP contribution is 2.40. The van der Waals surface area contributed by atoms with Crippen LogP contribution in [-0.4, -0.2) is 63.3 Å². The zero-order chi connectivity index (χ0) is 26.4. The number of imidazole rings is 1. The van der Waals surface area contributed by atoms with E-state index in [1.54, 1.807) is 13.3 Å². The van der Waals surface area contributed by atoms with Crippen LogP contribution in [0.3, 0.4) is 0 Å². The van der Waals surface area contributed by atoms with Gasteiger partial charge in [0.05, 0.1) is 19.0 Å². The second-order valence-corrected chi connectivity index (χ2v) is 11.1. The van der Waals surface area contributed by atoms with Crippen molar-refractivity contribution in [1.29, 1.82) is 0 Å². The van der Waals surface area contributed by atoms with Gasteiger partial charge in [0.2, 0.25) is 11.8 Å². The topological polar surface area (TPSA) is 136 Å². The number of rotatable bonds is 12. The molecule has 5 atom stereocenters. The number of anilines is 1. The Hall–Kier alpha value is -2.33. The van der Waals surface area contributed by atoms with E-state index in [9.17, 15) is 4.79 Å². The van der Waals surface area contributed by atoms with Crippen molar-refractivity contribution in [1.82, 2.24) is 24.6 Å². The Morgan fingerprint density at radius 1 is 1.32 bits per heavy atom. The minimum atomic E-state index is -1.27. The molecule has 3 unspecified atom stereocenters. The van der Waals surface area contributed by atoms with Crippen LogP contribution in [0.5, 0.6) is 5.88 Å². The Bertz CT molecular complexity index is 1080. The first-order chi connectivity index (χ1) is 17.9. The molecular weight excluding hydrogens is 495 g/mol. The van der Waals surface area contributed by atoms with Crippen LogP contribution >= 0.6 is 7.92 Å². The number of aromatic nitrogens is 4. The number of nitrogen functional groups attached to an aromatic ring is 1. The van der Waals surface area contributed by atoms with E-state index in [1.165, 1.54) is 6.42 Å². The molecule has 2 aromatic rings. The Kier molecular flexibility index (Phi) is 9.70. The lowest BCUT2D eigenvalue weighted by Gasteiger charge is -2.22. The summed E-state index contributed by atoms with van der Waals surface area (Å²) in [6.07, 6.45) is 13.7. The van der Waals surface area contributed by atoms with E-state index in [0.29, 0.717) is 30.3 Å². The predicted molar refractivity (Wildman–Crippen MR) is 143 cm³/mol. The van der Waals surface area contributed by atoms with Crippen molar-refractivity contribution in [3.63, 3.8) is 0 Å². The largest absolute Gasteiger partial charge is 0.476 e. The van der Waals surface area contributed by atoms with Gasteiger partial charge in [-0.05, 0) is 52.4 Å². The Labute approximate surface area is 219 Å². The summed E-state index contributed by atoms with van der Waals surface area (Å²) in [6.45, 7) is 6.66. The summed E-state index contributed by atoms with van der Waals surface area (Å²) in [7, 11) is -1.27. The highest BCUT2D eigenvalue weighted by molar-refractivity contribution is 7.48. The maximum Gasteiger partial charge on any atom is 0.344 e. The summed E-state index contributed by atoms with van der Waals surface area (Å²) in [4.78, 5) is 25.6. The molecule has 1 saturated heterocycles. The highest BCUT2D eigenvalue weighted by atomic mass is 31.1. The lowest BCUT2D eigenvalue weighted by molar-refractivity contribution is -0.152. The van der Waals surface area contributed by atoms with E-state index < -0.39 is 14.0 Å². The molecule has 3 N–H and O–H groups in total. The monoisotopic (exact) mass is 535 g/mol. The maximum atomic E-state index is 12.5. The first-order valence-electron chi connectivity index (χ1n) is 13.4. The Morgan fingerprint density at radius 3 is 2.84 bits per heavy atom. The molecule has 37 heavy (non-hydrogen) atoms. The molecule has 1 saturated carbocycles. The van der Waals surface area contributed by atoms with Gasteiger partial charge < -0.3 is 19.9 Å². The first-order valence-corrected chi connectivity index (χ1v) is 14.8. The number of hydrogen-bond acceptors (Lipinski definition) is 10. The van der Waals surface area contributed by atoms with Gasteiger partial charge in [-0.25, -0.2) is 4.98 Å². The molecule has 1 aliphatic carbocycles. The molecule has 0 radical (unpaired) electrons. The zero-order valence-corrected chi connectivity index (χ0v) is 23.0. The molecule has 0 amide bonds. The second-order valence-electron chi connectivity index (χ2n) is 9.80. The van der Waals surface area contributed by atoms with Gasteiger partial charge in [0.1, 0.15) is 31.3 Å².